The lowest BCUT2D eigenvalue weighted by Gasteiger charge is -2.15. The minimum absolute atomic E-state index is 0.113. The lowest BCUT2D eigenvalue weighted by Crippen LogP contribution is -2.42. The van der Waals surface area contributed by atoms with E-state index < -0.39 is 0 Å². The zero-order valence-corrected chi connectivity index (χ0v) is 10.3. The van der Waals surface area contributed by atoms with Crippen LogP contribution in [-0.2, 0) is 4.79 Å². The molecule has 5 nitrogen and oxygen atoms in total. The Balaban J connectivity index is 3.79. The molecule has 88 valence electrons. The second-order valence-corrected chi connectivity index (χ2v) is 3.84. The van der Waals surface area contributed by atoms with Gasteiger partial charge >= 0.3 is 0 Å². The standard InChI is InChI=1S/C10H22N4O/c1-8(2)13-10(11-3)12-7-6-9(15)14(4)5/h8H,6-7H2,1-5H3,(H2,11,12,13). The van der Waals surface area contributed by atoms with Gasteiger partial charge in [0.25, 0.3) is 0 Å². The summed E-state index contributed by atoms with van der Waals surface area (Å²) in [7, 11) is 5.22. The first-order valence-electron chi connectivity index (χ1n) is 5.14. The van der Waals surface area contributed by atoms with Crippen LogP contribution < -0.4 is 10.6 Å². The number of hydrogen-bond donors (Lipinski definition) is 2. The number of aliphatic imine (C=N–C) groups is 1. The van der Waals surface area contributed by atoms with Gasteiger partial charge in [-0.2, -0.15) is 0 Å². The van der Waals surface area contributed by atoms with Crippen molar-refractivity contribution < 1.29 is 4.79 Å². The first-order valence-corrected chi connectivity index (χ1v) is 5.14. The number of nitrogens with one attached hydrogen (secondary N) is 2. The Hall–Kier alpha value is -1.26. The summed E-state index contributed by atoms with van der Waals surface area (Å²) in [5, 5.41) is 6.22. The van der Waals surface area contributed by atoms with Crippen LogP contribution in [0.15, 0.2) is 4.99 Å². The Morgan fingerprint density at radius 3 is 2.40 bits per heavy atom. The maximum Gasteiger partial charge on any atom is 0.223 e. The smallest absolute Gasteiger partial charge is 0.223 e. The van der Waals surface area contributed by atoms with E-state index in [2.05, 4.69) is 15.6 Å². The summed E-state index contributed by atoms with van der Waals surface area (Å²) in [6, 6.07) is 0.334. The number of amides is 1. The molecule has 0 aromatic rings. The summed E-state index contributed by atoms with van der Waals surface area (Å²) < 4.78 is 0. The summed E-state index contributed by atoms with van der Waals surface area (Å²) in [6.45, 7) is 4.68. The minimum atomic E-state index is 0.113. The third kappa shape index (κ3) is 6.76. The molecule has 0 heterocycles. The van der Waals surface area contributed by atoms with Crippen molar-refractivity contribution >= 4 is 11.9 Å². The van der Waals surface area contributed by atoms with Gasteiger partial charge in [-0.05, 0) is 13.8 Å². The van der Waals surface area contributed by atoms with Crippen LogP contribution in [0.5, 0.6) is 0 Å². The van der Waals surface area contributed by atoms with Crippen LogP contribution >= 0.6 is 0 Å². The van der Waals surface area contributed by atoms with Crippen LogP contribution in [0.2, 0.25) is 0 Å². The van der Waals surface area contributed by atoms with Gasteiger partial charge in [0.1, 0.15) is 0 Å². The maximum absolute atomic E-state index is 11.3. The van der Waals surface area contributed by atoms with Gasteiger partial charge in [0.2, 0.25) is 5.91 Å². The van der Waals surface area contributed by atoms with E-state index in [4.69, 9.17) is 0 Å². The monoisotopic (exact) mass is 214 g/mol. The first-order chi connectivity index (χ1) is 6.97. The number of carbonyl (C=O) groups is 1. The Morgan fingerprint density at radius 2 is 2.00 bits per heavy atom. The van der Waals surface area contributed by atoms with E-state index in [0.29, 0.717) is 19.0 Å². The summed E-state index contributed by atoms with van der Waals surface area (Å²) in [4.78, 5) is 16.9. The molecule has 0 bridgehead atoms. The molecule has 0 saturated heterocycles. The van der Waals surface area contributed by atoms with E-state index in [1.165, 1.54) is 0 Å². The Labute approximate surface area is 91.9 Å². The van der Waals surface area contributed by atoms with Crippen molar-refractivity contribution in [2.75, 3.05) is 27.7 Å². The van der Waals surface area contributed by atoms with Crippen LogP contribution in [0.4, 0.5) is 0 Å². The third-order valence-corrected chi connectivity index (χ3v) is 1.78. The largest absolute Gasteiger partial charge is 0.356 e. The fourth-order valence-electron chi connectivity index (χ4n) is 0.980. The van der Waals surface area contributed by atoms with Crippen molar-refractivity contribution in [3.05, 3.63) is 0 Å². The first kappa shape index (κ1) is 13.7. The molecule has 0 radical (unpaired) electrons. The van der Waals surface area contributed by atoms with Gasteiger partial charge in [-0.1, -0.05) is 0 Å². The number of nitrogens with zero attached hydrogens (tertiary/aromatic N) is 2. The fraction of sp³-hybridized carbons (Fsp3) is 0.800. The molecule has 0 spiro atoms. The second kappa shape index (κ2) is 7.09. The predicted octanol–water partition coefficient (Wildman–Crippen LogP) is 0.0381. The third-order valence-electron chi connectivity index (χ3n) is 1.78. The topological polar surface area (TPSA) is 56.7 Å². The Kier molecular flexibility index (Phi) is 6.49. The maximum atomic E-state index is 11.3. The van der Waals surface area contributed by atoms with E-state index in [1.54, 1.807) is 26.0 Å². The SMILES string of the molecule is CN=C(NCCC(=O)N(C)C)NC(C)C. The molecule has 2 N–H and O–H groups in total. The van der Waals surface area contributed by atoms with Crippen molar-refractivity contribution in [1.82, 2.24) is 15.5 Å². The minimum Gasteiger partial charge on any atom is -0.356 e. The fourth-order valence-corrected chi connectivity index (χ4v) is 0.980. The highest BCUT2D eigenvalue weighted by molar-refractivity contribution is 5.81. The second-order valence-electron chi connectivity index (χ2n) is 3.84. The molecule has 0 fully saturated rings. The summed E-state index contributed by atoms with van der Waals surface area (Å²) >= 11 is 0. The highest BCUT2D eigenvalue weighted by atomic mass is 16.2. The van der Waals surface area contributed by atoms with E-state index in [9.17, 15) is 4.79 Å². The van der Waals surface area contributed by atoms with Crippen molar-refractivity contribution in [3.8, 4) is 0 Å². The normalized spacial score (nSPS) is 11.5. The average molecular weight is 214 g/mol. The van der Waals surface area contributed by atoms with E-state index in [0.717, 1.165) is 5.96 Å². The van der Waals surface area contributed by atoms with Crippen LogP contribution in [0, 0.1) is 0 Å². The molecule has 0 aromatic carbocycles. The van der Waals surface area contributed by atoms with Crippen molar-refractivity contribution in [3.63, 3.8) is 0 Å². The molecule has 1 amide bonds. The average Bonchev–Trinajstić information content (AvgIpc) is 2.15. The van der Waals surface area contributed by atoms with Gasteiger partial charge in [-0.3, -0.25) is 9.79 Å². The number of carbonyl (C=O) groups excluding carboxylic acids is 1. The highest BCUT2D eigenvalue weighted by Crippen LogP contribution is 1.85. The summed E-state index contributed by atoms with van der Waals surface area (Å²) in [6.07, 6.45) is 0.478. The molecule has 0 aromatic heterocycles. The quantitative estimate of drug-likeness (QED) is 0.513. The lowest BCUT2D eigenvalue weighted by atomic mass is 10.4. The summed E-state index contributed by atoms with van der Waals surface area (Å²) in [5.41, 5.74) is 0. The Bertz CT molecular complexity index is 223. The van der Waals surface area contributed by atoms with Crippen LogP contribution in [0.3, 0.4) is 0 Å². The molecule has 0 unspecified atom stereocenters. The van der Waals surface area contributed by atoms with Crippen molar-refractivity contribution in [2.24, 2.45) is 4.99 Å². The van der Waals surface area contributed by atoms with Gasteiger partial charge in [-0.25, -0.2) is 0 Å². The van der Waals surface area contributed by atoms with E-state index >= 15 is 0 Å². The van der Waals surface area contributed by atoms with Gasteiger partial charge in [0.05, 0.1) is 0 Å². The number of hydrogen-bond acceptors (Lipinski definition) is 2. The van der Waals surface area contributed by atoms with Crippen LogP contribution in [0.25, 0.3) is 0 Å². The van der Waals surface area contributed by atoms with Gasteiger partial charge in [-0.15, -0.1) is 0 Å². The number of rotatable bonds is 4. The van der Waals surface area contributed by atoms with Crippen LogP contribution in [0.1, 0.15) is 20.3 Å². The van der Waals surface area contributed by atoms with Gasteiger partial charge in [0, 0.05) is 40.2 Å². The molecular weight excluding hydrogens is 192 g/mol. The molecule has 0 aliphatic carbocycles. The molecule has 0 saturated carbocycles. The molecule has 0 atom stereocenters. The van der Waals surface area contributed by atoms with Gasteiger partial charge < -0.3 is 15.5 Å². The van der Waals surface area contributed by atoms with E-state index in [1.807, 2.05) is 13.8 Å². The zero-order chi connectivity index (χ0) is 11.8. The summed E-state index contributed by atoms with van der Waals surface area (Å²) in [5.74, 6) is 0.846. The molecule has 15 heavy (non-hydrogen) atoms. The highest BCUT2D eigenvalue weighted by Gasteiger charge is 2.04. The Morgan fingerprint density at radius 1 is 1.40 bits per heavy atom. The van der Waals surface area contributed by atoms with Gasteiger partial charge in [0.15, 0.2) is 5.96 Å². The molecule has 0 rings (SSSR count). The predicted molar refractivity (Wildman–Crippen MR) is 62.9 cm³/mol. The molecule has 0 aliphatic heterocycles. The molecule has 5 heteroatoms. The zero-order valence-electron chi connectivity index (χ0n) is 10.3. The molecular formula is C10H22N4O. The molecule has 0 aliphatic rings. The lowest BCUT2D eigenvalue weighted by molar-refractivity contribution is -0.128. The number of guanidine groups is 1. The van der Waals surface area contributed by atoms with Crippen molar-refractivity contribution in [2.45, 2.75) is 26.3 Å². The van der Waals surface area contributed by atoms with Crippen LogP contribution in [-0.4, -0.2) is 50.5 Å². The van der Waals surface area contributed by atoms with Crippen molar-refractivity contribution in [1.29, 1.82) is 0 Å². The van der Waals surface area contributed by atoms with E-state index in [-0.39, 0.29) is 5.91 Å².